The van der Waals surface area contributed by atoms with E-state index in [1.54, 1.807) is 41.6 Å². The fourth-order valence-electron chi connectivity index (χ4n) is 5.36. The number of nitrogens with zero attached hydrogens (tertiary/aromatic N) is 4. The van der Waals surface area contributed by atoms with Crippen molar-refractivity contribution < 1.29 is 9.53 Å². The molecule has 5 rings (SSSR count). The van der Waals surface area contributed by atoms with Crippen LogP contribution in [0.25, 0.3) is 5.65 Å². The van der Waals surface area contributed by atoms with Crippen LogP contribution in [0, 0.1) is 11.8 Å². The van der Waals surface area contributed by atoms with Crippen LogP contribution < -0.4 is 21.5 Å². The highest BCUT2D eigenvalue weighted by atomic mass is 16.5. The Labute approximate surface area is 216 Å². The second kappa shape index (κ2) is 10.2. The smallest absolute Gasteiger partial charge is 0.274 e. The number of fused-ring (bicyclic) bond motifs is 1. The Morgan fingerprint density at radius 1 is 1.24 bits per heavy atom. The molecule has 3 aromatic rings. The van der Waals surface area contributed by atoms with Crippen LogP contribution in [0.2, 0.25) is 0 Å². The predicted molar refractivity (Wildman–Crippen MR) is 144 cm³/mol. The summed E-state index contributed by atoms with van der Waals surface area (Å²) in [6.07, 6.45) is 9.55. The Balaban J connectivity index is 1.37. The topological polar surface area (TPSA) is 115 Å². The quantitative estimate of drug-likeness (QED) is 0.425. The lowest BCUT2D eigenvalue weighted by Gasteiger charge is -2.36. The number of pyridine rings is 1. The van der Waals surface area contributed by atoms with Gasteiger partial charge in [-0.3, -0.25) is 9.59 Å². The molecule has 10 heteroatoms. The Bertz CT molecular complexity index is 1340. The van der Waals surface area contributed by atoms with E-state index in [2.05, 4.69) is 39.9 Å². The van der Waals surface area contributed by atoms with E-state index in [0.29, 0.717) is 46.9 Å². The molecule has 0 saturated heterocycles. The lowest BCUT2D eigenvalue weighted by Crippen LogP contribution is -2.45. The first-order chi connectivity index (χ1) is 17.8. The van der Waals surface area contributed by atoms with Crippen molar-refractivity contribution in [2.75, 3.05) is 24.8 Å². The van der Waals surface area contributed by atoms with Gasteiger partial charge in [0.1, 0.15) is 22.9 Å². The normalized spacial score (nSPS) is 25.5. The van der Waals surface area contributed by atoms with Crippen LogP contribution in [0.1, 0.15) is 62.7 Å². The number of amides is 1. The van der Waals surface area contributed by atoms with Crippen LogP contribution >= 0.6 is 0 Å². The van der Waals surface area contributed by atoms with E-state index < -0.39 is 0 Å². The molecule has 2 saturated carbocycles. The number of ether oxygens (including phenoxy) is 1. The van der Waals surface area contributed by atoms with Crippen molar-refractivity contribution >= 4 is 28.9 Å². The largest absolute Gasteiger partial charge is 0.379 e. The van der Waals surface area contributed by atoms with Gasteiger partial charge < -0.3 is 25.3 Å². The van der Waals surface area contributed by atoms with E-state index in [1.165, 1.54) is 0 Å². The van der Waals surface area contributed by atoms with Crippen molar-refractivity contribution in [3.63, 3.8) is 0 Å². The van der Waals surface area contributed by atoms with Crippen LogP contribution in [0.5, 0.6) is 0 Å². The Morgan fingerprint density at radius 3 is 2.68 bits per heavy atom. The molecular weight excluding hydrogens is 470 g/mol. The van der Waals surface area contributed by atoms with Gasteiger partial charge in [-0.15, -0.1) is 0 Å². The molecule has 2 aliphatic rings. The molecule has 0 bridgehead atoms. The van der Waals surface area contributed by atoms with Crippen molar-refractivity contribution in [2.45, 2.75) is 70.6 Å². The first kappa shape index (κ1) is 25.3. The molecule has 3 heterocycles. The molecule has 198 valence electrons. The summed E-state index contributed by atoms with van der Waals surface area (Å²) in [4.78, 5) is 31.0. The average molecular weight is 508 g/mol. The summed E-state index contributed by atoms with van der Waals surface area (Å²) < 4.78 is 9.04. The second-order valence-corrected chi connectivity index (χ2v) is 10.8. The number of nitrogens with one attached hydrogen (secondary N) is 3. The summed E-state index contributed by atoms with van der Waals surface area (Å²) in [5.74, 6) is 1.85. The summed E-state index contributed by atoms with van der Waals surface area (Å²) >= 11 is 0. The number of carbonyl (C=O) groups is 1. The van der Waals surface area contributed by atoms with Gasteiger partial charge >= 0.3 is 0 Å². The first-order valence-electron chi connectivity index (χ1n) is 13.2. The maximum Gasteiger partial charge on any atom is 0.274 e. The molecule has 10 nitrogen and oxygen atoms in total. The van der Waals surface area contributed by atoms with Crippen LogP contribution in [0.15, 0.2) is 35.4 Å². The van der Waals surface area contributed by atoms with Gasteiger partial charge in [0.25, 0.3) is 11.5 Å². The van der Waals surface area contributed by atoms with Gasteiger partial charge in [-0.05, 0) is 69.4 Å². The number of rotatable bonds is 8. The monoisotopic (exact) mass is 507 g/mol. The summed E-state index contributed by atoms with van der Waals surface area (Å²) in [7, 11) is 3.56. The minimum atomic E-state index is -0.183. The lowest BCUT2D eigenvalue weighted by molar-refractivity contribution is -0.0353. The Morgan fingerprint density at radius 2 is 2.03 bits per heavy atom. The van der Waals surface area contributed by atoms with Crippen molar-refractivity contribution in [2.24, 2.45) is 11.8 Å². The van der Waals surface area contributed by atoms with Crippen molar-refractivity contribution in [1.29, 1.82) is 0 Å². The molecule has 37 heavy (non-hydrogen) atoms. The highest BCUT2D eigenvalue weighted by molar-refractivity contribution is 6.00. The Hall–Kier alpha value is -3.40. The van der Waals surface area contributed by atoms with Gasteiger partial charge in [0.2, 0.25) is 0 Å². The van der Waals surface area contributed by atoms with E-state index in [4.69, 9.17) is 4.74 Å². The van der Waals surface area contributed by atoms with Gasteiger partial charge in [0, 0.05) is 39.0 Å². The molecule has 0 radical (unpaired) electrons. The van der Waals surface area contributed by atoms with Gasteiger partial charge in [-0.1, -0.05) is 6.92 Å². The lowest BCUT2D eigenvalue weighted by atomic mass is 9.79. The number of hydrogen-bond acceptors (Lipinski definition) is 7. The molecule has 2 atom stereocenters. The molecule has 3 N–H and O–H groups in total. The maximum absolute atomic E-state index is 13.3. The van der Waals surface area contributed by atoms with Gasteiger partial charge in [0.15, 0.2) is 5.65 Å². The maximum atomic E-state index is 13.3. The molecule has 0 aliphatic heterocycles. The number of aromatic nitrogens is 4. The first-order valence-corrected chi connectivity index (χ1v) is 13.2. The van der Waals surface area contributed by atoms with Crippen molar-refractivity contribution in [3.05, 3.63) is 46.5 Å². The molecule has 2 unspecified atom stereocenters. The van der Waals surface area contributed by atoms with E-state index in [9.17, 15) is 9.59 Å². The molecule has 2 aliphatic carbocycles. The molecule has 0 aromatic carbocycles. The standard InChI is InChI=1S/C27H37N7O3/c1-17-7-8-20(17)31-25(35)19-15-29-34-23(28-3)14-22(32-24(19)34)30-21-6-5-13-33(26(21)36)16-18-9-11-27(2,37-4)12-10-18/h5-6,13-15,17-18,20,28H,7-12,16H2,1-4H3,(H,30,32)(H,31,35). The minimum Gasteiger partial charge on any atom is -0.379 e. The van der Waals surface area contributed by atoms with Crippen molar-refractivity contribution in [3.8, 4) is 0 Å². The second-order valence-electron chi connectivity index (χ2n) is 10.8. The number of hydrogen-bond donors (Lipinski definition) is 3. The molecule has 2 fully saturated rings. The minimum absolute atomic E-state index is 0.0558. The molecule has 3 aromatic heterocycles. The van der Waals surface area contributed by atoms with Crippen LogP contribution in [-0.2, 0) is 11.3 Å². The zero-order chi connectivity index (χ0) is 26.2. The summed E-state index contributed by atoms with van der Waals surface area (Å²) in [5.41, 5.74) is 1.12. The van der Waals surface area contributed by atoms with E-state index >= 15 is 0 Å². The average Bonchev–Trinajstić information content (AvgIpc) is 3.33. The fourth-order valence-corrected chi connectivity index (χ4v) is 5.36. The Kier molecular flexibility index (Phi) is 6.94. The van der Waals surface area contributed by atoms with E-state index in [0.717, 1.165) is 38.5 Å². The van der Waals surface area contributed by atoms with E-state index in [-0.39, 0.29) is 23.1 Å². The predicted octanol–water partition coefficient (Wildman–Crippen LogP) is 3.80. The third-order valence-electron chi connectivity index (χ3n) is 8.30. The highest BCUT2D eigenvalue weighted by Gasteiger charge is 2.31. The number of carbonyl (C=O) groups excluding carboxylic acids is 1. The van der Waals surface area contributed by atoms with Gasteiger partial charge in [-0.2, -0.15) is 9.61 Å². The summed E-state index contributed by atoms with van der Waals surface area (Å²) in [6.45, 7) is 4.98. The third-order valence-corrected chi connectivity index (χ3v) is 8.30. The SMILES string of the molecule is CNc1cc(Nc2cccn(CC3CCC(C)(OC)CC3)c2=O)nc2c(C(=O)NC3CCC3C)cnn12. The fraction of sp³-hybridized carbons (Fsp3) is 0.556. The molecule has 0 spiro atoms. The summed E-state index contributed by atoms with van der Waals surface area (Å²) in [6, 6.07) is 5.59. The van der Waals surface area contributed by atoms with Crippen LogP contribution in [0.3, 0.4) is 0 Å². The van der Waals surface area contributed by atoms with Crippen LogP contribution in [0.4, 0.5) is 17.3 Å². The molecular formula is C27H37N7O3. The number of methoxy groups -OCH3 is 1. The molecule has 1 amide bonds. The van der Waals surface area contributed by atoms with Gasteiger partial charge in [-0.25, -0.2) is 4.98 Å². The van der Waals surface area contributed by atoms with Crippen molar-refractivity contribution in [1.82, 2.24) is 24.5 Å². The van der Waals surface area contributed by atoms with Crippen LogP contribution in [-0.4, -0.2) is 50.9 Å². The summed E-state index contributed by atoms with van der Waals surface area (Å²) in [5, 5.41) is 13.8. The zero-order valence-corrected chi connectivity index (χ0v) is 22.1. The van der Waals surface area contributed by atoms with E-state index in [1.807, 2.05) is 12.3 Å². The zero-order valence-electron chi connectivity index (χ0n) is 22.1. The number of anilines is 3. The highest BCUT2D eigenvalue weighted by Crippen LogP contribution is 2.34. The third kappa shape index (κ3) is 5.07. The van der Waals surface area contributed by atoms with Gasteiger partial charge in [0.05, 0.1) is 11.8 Å².